The van der Waals surface area contributed by atoms with Gasteiger partial charge >= 0.3 is 18.0 Å². The molecule has 0 atom stereocenters. The maximum Gasteiger partial charge on any atom is 0.335 e. The molecule has 2 aliphatic heterocycles. The average Bonchev–Trinajstić information content (AvgIpc) is 3.69. The molecule has 0 unspecified atom stereocenters. The largest absolute Gasteiger partial charge is 0.483 e. The summed E-state index contributed by atoms with van der Waals surface area (Å²) in [5, 5.41) is 33.4. The fourth-order valence-corrected chi connectivity index (χ4v) is 4.09. The van der Waals surface area contributed by atoms with Crippen LogP contribution in [0.4, 0.5) is 32.3 Å². The van der Waals surface area contributed by atoms with Crippen LogP contribution in [0.25, 0.3) is 0 Å². The van der Waals surface area contributed by atoms with Crippen molar-refractivity contribution < 1.29 is 29.4 Å². The summed E-state index contributed by atoms with van der Waals surface area (Å²) < 4.78 is 0. The van der Waals surface area contributed by atoms with Crippen molar-refractivity contribution in [3.63, 3.8) is 0 Å². The molecule has 2 aliphatic rings. The van der Waals surface area contributed by atoms with Gasteiger partial charge in [0, 0.05) is 47.0 Å². The summed E-state index contributed by atoms with van der Waals surface area (Å²) in [6, 6.07) is 17.3. The molecule has 0 aliphatic carbocycles. The Hall–Kier alpha value is -5.92. The fourth-order valence-electron chi connectivity index (χ4n) is 4.09. The number of carbonyl (C=O) groups excluding carboxylic acids is 2. The Labute approximate surface area is 240 Å². The van der Waals surface area contributed by atoms with Gasteiger partial charge in [-0.3, -0.25) is 14.8 Å². The number of hydrogen-bond acceptors (Lipinski definition) is 8. The Bertz CT molecular complexity index is 1420. The molecule has 0 spiro atoms. The van der Waals surface area contributed by atoms with Crippen LogP contribution in [0.15, 0.2) is 76.7 Å². The van der Waals surface area contributed by atoms with E-state index in [1.54, 1.807) is 24.3 Å². The molecular formula is C28H28N8O6. The van der Waals surface area contributed by atoms with Crippen molar-refractivity contribution in [2.24, 2.45) is 9.98 Å². The molecule has 0 saturated carbocycles. The van der Waals surface area contributed by atoms with Crippen LogP contribution in [0.1, 0.15) is 21.5 Å². The highest BCUT2D eigenvalue weighted by molar-refractivity contribution is 6.05. The second-order valence-corrected chi connectivity index (χ2v) is 8.84. The number of urea groups is 2. The lowest BCUT2D eigenvalue weighted by Gasteiger charge is -2.13. The molecule has 5 rings (SSSR count). The van der Waals surface area contributed by atoms with Crippen molar-refractivity contribution in [1.82, 2.24) is 10.6 Å². The van der Waals surface area contributed by atoms with Gasteiger partial charge in [-0.2, -0.15) is 0 Å². The number of carboxylic acid groups (broad SMARTS) is 2. The van der Waals surface area contributed by atoms with E-state index in [9.17, 15) is 19.5 Å². The van der Waals surface area contributed by atoms with Crippen molar-refractivity contribution in [3.05, 3.63) is 83.4 Å². The molecule has 0 fully saturated rings. The van der Waals surface area contributed by atoms with E-state index in [2.05, 4.69) is 41.9 Å². The monoisotopic (exact) mass is 572 g/mol. The molecule has 4 amide bonds. The van der Waals surface area contributed by atoms with E-state index in [-0.39, 0.29) is 23.4 Å². The molecule has 8 N–H and O–H groups in total. The van der Waals surface area contributed by atoms with E-state index in [0.717, 1.165) is 49.0 Å². The SMILES string of the molecule is O=C(Nc1ccc(C2=NCCN2)cc1)Nc1cc(NC(=O)Nc2ccc(C3=NCCN3)cc2)cc(C(=O)O)c1.O=CO. The summed E-state index contributed by atoms with van der Waals surface area (Å²) in [4.78, 5) is 53.9. The summed E-state index contributed by atoms with van der Waals surface area (Å²) >= 11 is 0. The number of carboxylic acids is 1. The van der Waals surface area contributed by atoms with Gasteiger partial charge < -0.3 is 42.1 Å². The lowest BCUT2D eigenvalue weighted by molar-refractivity contribution is -0.122. The molecule has 14 nitrogen and oxygen atoms in total. The second-order valence-electron chi connectivity index (χ2n) is 8.84. The van der Waals surface area contributed by atoms with Gasteiger partial charge in [0.1, 0.15) is 11.7 Å². The zero-order valence-electron chi connectivity index (χ0n) is 22.2. The molecule has 42 heavy (non-hydrogen) atoms. The second kappa shape index (κ2) is 13.9. The van der Waals surface area contributed by atoms with E-state index in [0.29, 0.717) is 11.4 Å². The van der Waals surface area contributed by atoms with Gasteiger partial charge in [-0.15, -0.1) is 0 Å². The van der Waals surface area contributed by atoms with Crippen LogP contribution in [0.5, 0.6) is 0 Å². The lowest BCUT2D eigenvalue weighted by Crippen LogP contribution is -2.22. The number of nitrogens with zero attached hydrogens (tertiary/aromatic N) is 2. The summed E-state index contributed by atoms with van der Waals surface area (Å²) in [7, 11) is 0. The van der Waals surface area contributed by atoms with Crippen molar-refractivity contribution in [1.29, 1.82) is 0 Å². The van der Waals surface area contributed by atoms with Gasteiger partial charge in [0.15, 0.2) is 0 Å². The number of benzene rings is 3. The number of carbonyl (C=O) groups is 4. The normalized spacial score (nSPS) is 13.1. The Morgan fingerprint density at radius 2 is 1.05 bits per heavy atom. The predicted octanol–water partition coefficient (Wildman–Crippen LogP) is 3.07. The Kier molecular flexibility index (Phi) is 9.64. The first-order chi connectivity index (χ1) is 20.3. The molecule has 216 valence electrons. The molecule has 0 aromatic heterocycles. The number of nitrogens with one attached hydrogen (secondary N) is 6. The summed E-state index contributed by atoms with van der Waals surface area (Å²) in [6.07, 6.45) is 0. The fraction of sp³-hybridized carbons (Fsp3) is 0.143. The first kappa shape index (κ1) is 29.1. The topological polar surface area (TPSA) is 206 Å². The van der Waals surface area contributed by atoms with Crippen LogP contribution in [-0.2, 0) is 4.79 Å². The first-order valence-corrected chi connectivity index (χ1v) is 12.7. The molecule has 14 heteroatoms. The van der Waals surface area contributed by atoms with Gasteiger partial charge in [-0.25, -0.2) is 14.4 Å². The van der Waals surface area contributed by atoms with Crippen molar-refractivity contribution in [2.75, 3.05) is 47.4 Å². The zero-order chi connectivity index (χ0) is 29.9. The third-order valence-electron chi connectivity index (χ3n) is 5.88. The molecule has 0 saturated heterocycles. The highest BCUT2D eigenvalue weighted by Crippen LogP contribution is 2.21. The van der Waals surface area contributed by atoms with Crippen molar-refractivity contribution in [3.8, 4) is 0 Å². The Balaban J connectivity index is 0.00000129. The lowest BCUT2D eigenvalue weighted by atomic mass is 10.1. The highest BCUT2D eigenvalue weighted by Gasteiger charge is 2.13. The Morgan fingerprint density at radius 1 is 0.667 bits per heavy atom. The highest BCUT2D eigenvalue weighted by atomic mass is 16.4. The first-order valence-electron chi connectivity index (χ1n) is 12.7. The molecule has 3 aromatic carbocycles. The third kappa shape index (κ3) is 8.05. The number of amidine groups is 2. The smallest absolute Gasteiger partial charge is 0.335 e. The third-order valence-corrected chi connectivity index (χ3v) is 5.88. The van der Waals surface area contributed by atoms with E-state index < -0.39 is 18.0 Å². The van der Waals surface area contributed by atoms with Crippen LogP contribution in [0.3, 0.4) is 0 Å². The number of hydrogen-bond donors (Lipinski definition) is 8. The Morgan fingerprint density at radius 3 is 1.38 bits per heavy atom. The van der Waals surface area contributed by atoms with Crippen LogP contribution >= 0.6 is 0 Å². The van der Waals surface area contributed by atoms with E-state index >= 15 is 0 Å². The molecule has 3 aromatic rings. The van der Waals surface area contributed by atoms with Gasteiger partial charge in [0.2, 0.25) is 0 Å². The summed E-state index contributed by atoms with van der Waals surface area (Å²) in [5.74, 6) is 0.420. The van der Waals surface area contributed by atoms with Crippen molar-refractivity contribution >= 4 is 58.9 Å². The number of rotatable bonds is 7. The number of amides is 4. The van der Waals surface area contributed by atoms with E-state index in [4.69, 9.17) is 9.90 Å². The van der Waals surface area contributed by atoms with Crippen LogP contribution in [0.2, 0.25) is 0 Å². The van der Waals surface area contributed by atoms with Crippen LogP contribution < -0.4 is 31.9 Å². The molecular weight excluding hydrogens is 544 g/mol. The zero-order valence-corrected chi connectivity index (χ0v) is 22.2. The standard InChI is InChI=1S/C27H26N8O4.CH2O2/c36-25(37)18-13-21(34-26(38)32-19-5-1-16(2-6-19)23-28-9-10-29-23)15-22(14-18)35-27(39)33-20-7-3-17(4-8-20)24-30-11-12-31-24;2-1-3/h1-8,13-15H,9-12H2,(H,28,29)(H,30,31)(H,36,37)(H2,32,34,38)(H2,33,35,39);1H,(H,2,3). The van der Waals surface area contributed by atoms with Crippen molar-refractivity contribution in [2.45, 2.75) is 0 Å². The maximum absolute atomic E-state index is 12.6. The number of anilines is 4. The summed E-state index contributed by atoms with van der Waals surface area (Å²) in [5.41, 5.74) is 3.20. The van der Waals surface area contributed by atoms with E-state index in [1.807, 2.05) is 24.3 Å². The number of aliphatic imine (C=N–C) groups is 2. The van der Waals surface area contributed by atoms with Gasteiger partial charge in [-0.05, 0) is 66.7 Å². The minimum atomic E-state index is -1.21. The minimum Gasteiger partial charge on any atom is -0.483 e. The van der Waals surface area contributed by atoms with Gasteiger partial charge in [-0.1, -0.05) is 0 Å². The average molecular weight is 573 g/mol. The van der Waals surface area contributed by atoms with Crippen LogP contribution in [0, 0.1) is 0 Å². The minimum absolute atomic E-state index is 0.105. The number of aromatic carboxylic acids is 1. The summed E-state index contributed by atoms with van der Waals surface area (Å²) in [6.45, 7) is 2.81. The molecule has 0 bridgehead atoms. The van der Waals surface area contributed by atoms with Crippen LogP contribution in [-0.4, -0.2) is 72.6 Å². The van der Waals surface area contributed by atoms with Gasteiger partial charge in [0.05, 0.1) is 18.7 Å². The van der Waals surface area contributed by atoms with E-state index in [1.165, 1.54) is 18.2 Å². The quantitative estimate of drug-likeness (QED) is 0.197. The predicted molar refractivity (Wildman–Crippen MR) is 159 cm³/mol. The molecule has 0 radical (unpaired) electrons. The van der Waals surface area contributed by atoms with Gasteiger partial charge in [0.25, 0.3) is 6.47 Å². The maximum atomic E-state index is 12.6. The molecule has 2 heterocycles.